The maximum atomic E-state index is 12.8. The minimum atomic E-state index is -0.507. The molecule has 0 spiro atoms. The molecule has 8 heteroatoms. The van der Waals surface area contributed by atoms with Gasteiger partial charge in [0.15, 0.2) is 0 Å². The Labute approximate surface area is 191 Å². The third-order valence-corrected chi connectivity index (χ3v) is 5.41. The first-order chi connectivity index (χ1) is 16.0. The highest BCUT2D eigenvalue weighted by Crippen LogP contribution is 2.28. The Bertz CT molecular complexity index is 1270. The lowest BCUT2D eigenvalue weighted by atomic mass is 10.1. The summed E-state index contributed by atoms with van der Waals surface area (Å²) in [5, 5.41) is 25.6. The summed E-state index contributed by atoms with van der Waals surface area (Å²) in [6, 6.07) is 15.7. The van der Waals surface area contributed by atoms with E-state index in [4.69, 9.17) is 0 Å². The molecule has 1 amide bonds. The summed E-state index contributed by atoms with van der Waals surface area (Å²) in [4.78, 5) is 24.7. The first kappa shape index (κ1) is 22.0. The van der Waals surface area contributed by atoms with E-state index in [2.05, 4.69) is 25.6 Å². The van der Waals surface area contributed by atoms with Crippen molar-refractivity contribution in [3.8, 4) is 17.0 Å². The van der Waals surface area contributed by atoms with Crippen molar-refractivity contribution in [3.05, 3.63) is 89.4 Å². The van der Waals surface area contributed by atoms with Crippen molar-refractivity contribution in [1.29, 1.82) is 0 Å². The Hall–Kier alpha value is -4.17. The topological polar surface area (TPSA) is 123 Å². The number of anilines is 2. The van der Waals surface area contributed by atoms with Crippen LogP contribution in [0.25, 0.3) is 11.3 Å². The summed E-state index contributed by atoms with van der Waals surface area (Å²) in [7, 11) is 0. The number of carbonyl (C=O) groups excluding carboxylic acids is 1. The summed E-state index contributed by atoms with van der Waals surface area (Å²) in [6.45, 7) is 3.49. The van der Waals surface area contributed by atoms with Crippen molar-refractivity contribution < 1.29 is 15.0 Å². The molecule has 0 aliphatic rings. The van der Waals surface area contributed by atoms with E-state index in [1.807, 2.05) is 43.3 Å². The molecule has 1 atom stereocenters. The average Bonchev–Trinajstić information content (AvgIpc) is 3.32. The molecule has 0 saturated heterocycles. The van der Waals surface area contributed by atoms with Gasteiger partial charge in [0.05, 0.1) is 18.3 Å². The third-order valence-electron chi connectivity index (χ3n) is 5.41. The van der Waals surface area contributed by atoms with Crippen LogP contribution in [0.15, 0.2) is 67.0 Å². The number of aliphatic hydroxyl groups is 1. The molecule has 4 aromatic rings. The zero-order chi connectivity index (χ0) is 23.4. The van der Waals surface area contributed by atoms with Gasteiger partial charge in [-0.1, -0.05) is 36.4 Å². The van der Waals surface area contributed by atoms with Crippen molar-refractivity contribution in [3.63, 3.8) is 0 Å². The molecule has 33 heavy (non-hydrogen) atoms. The number of aromatic hydroxyl groups is 1. The summed E-state index contributed by atoms with van der Waals surface area (Å²) in [5.41, 5.74) is 4.83. The zero-order valence-electron chi connectivity index (χ0n) is 18.3. The van der Waals surface area contributed by atoms with Crippen LogP contribution in [0.3, 0.4) is 0 Å². The first-order valence-corrected chi connectivity index (χ1v) is 10.5. The van der Waals surface area contributed by atoms with E-state index in [1.54, 1.807) is 37.5 Å². The van der Waals surface area contributed by atoms with Crippen LogP contribution in [-0.4, -0.2) is 37.7 Å². The smallest absolute Gasteiger partial charge is 0.268 e. The number of phenolic OH excluding ortho intramolecular Hbond substituents is 1. The maximum absolute atomic E-state index is 12.8. The molecular formula is C25H25N5O3. The molecule has 0 saturated carbocycles. The zero-order valence-corrected chi connectivity index (χ0v) is 18.3. The summed E-state index contributed by atoms with van der Waals surface area (Å²) in [5.74, 6) is 0.232. The average molecular weight is 444 g/mol. The van der Waals surface area contributed by atoms with Gasteiger partial charge < -0.3 is 25.8 Å². The molecule has 0 fully saturated rings. The van der Waals surface area contributed by atoms with E-state index in [9.17, 15) is 15.0 Å². The van der Waals surface area contributed by atoms with Crippen LogP contribution in [0.2, 0.25) is 0 Å². The first-order valence-electron chi connectivity index (χ1n) is 10.5. The van der Waals surface area contributed by atoms with Crippen molar-refractivity contribution >= 4 is 17.5 Å². The molecule has 0 aliphatic heterocycles. The summed E-state index contributed by atoms with van der Waals surface area (Å²) >= 11 is 0. The molecule has 5 N–H and O–H groups in total. The Morgan fingerprint density at radius 1 is 1.12 bits per heavy atom. The molecule has 0 unspecified atom stereocenters. The van der Waals surface area contributed by atoms with Gasteiger partial charge in [0.1, 0.15) is 11.4 Å². The number of aromatic amines is 1. The molecule has 2 aromatic carbocycles. The molecule has 8 nitrogen and oxygen atoms in total. The number of nitrogens with one attached hydrogen (secondary N) is 3. The number of benzene rings is 2. The highest BCUT2D eigenvalue weighted by molar-refractivity contribution is 5.94. The molecule has 4 rings (SSSR count). The number of nitrogens with zero attached hydrogens (tertiary/aromatic N) is 2. The monoisotopic (exact) mass is 443 g/mol. The van der Waals surface area contributed by atoms with Crippen molar-refractivity contribution in [2.75, 3.05) is 11.9 Å². The highest BCUT2D eigenvalue weighted by Gasteiger charge is 2.18. The molecule has 2 heterocycles. The lowest BCUT2D eigenvalue weighted by Crippen LogP contribution is -2.30. The van der Waals surface area contributed by atoms with Gasteiger partial charge >= 0.3 is 0 Å². The molecule has 0 bridgehead atoms. The van der Waals surface area contributed by atoms with E-state index < -0.39 is 6.04 Å². The van der Waals surface area contributed by atoms with Crippen LogP contribution in [-0.2, 0) is 0 Å². The predicted octanol–water partition coefficient (Wildman–Crippen LogP) is 4.00. The van der Waals surface area contributed by atoms with E-state index >= 15 is 0 Å². The fraction of sp³-hybridized carbons (Fsp3) is 0.160. The van der Waals surface area contributed by atoms with Crippen LogP contribution in [0, 0.1) is 13.8 Å². The largest absolute Gasteiger partial charge is 0.508 e. The van der Waals surface area contributed by atoms with Gasteiger partial charge in [0.25, 0.3) is 5.91 Å². The number of aromatic nitrogens is 3. The molecule has 0 radical (unpaired) electrons. The minimum absolute atomic E-state index is 0.185. The summed E-state index contributed by atoms with van der Waals surface area (Å²) < 4.78 is 0. The van der Waals surface area contributed by atoms with Crippen LogP contribution in [0.1, 0.15) is 33.2 Å². The molecule has 168 valence electrons. The van der Waals surface area contributed by atoms with E-state index in [1.165, 1.54) is 0 Å². The molecular weight excluding hydrogens is 418 g/mol. The second-order valence-corrected chi connectivity index (χ2v) is 7.72. The second kappa shape index (κ2) is 9.54. The van der Waals surface area contributed by atoms with Gasteiger partial charge in [-0.05, 0) is 43.2 Å². The van der Waals surface area contributed by atoms with Crippen LogP contribution < -0.4 is 10.6 Å². The van der Waals surface area contributed by atoms with Crippen molar-refractivity contribution in [2.45, 2.75) is 19.9 Å². The van der Waals surface area contributed by atoms with E-state index in [0.29, 0.717) is 28.6 Å². The van der Waals surface area contributed by atoms with Crippen LogP contribution in [0.4, 0.5) is 11.6 Å². The standard InChI is InChI=1S/C25H25N5O3/c1-15-12-27-25(29-19-9-6-10-22(32)16(19)2)30-23(15)18-11-20(26-13-18)24(33)28-21(14-31)17-7-4-3-5-8-17/h3-13,21,26,31-32H,14H2,1-2H3,(H,28,33)(H,27,29,30)/t21-/m1/s1. The number of aliphatic hydroxyl groups excluding tert-OH is 1. The second-order valence-electron chi connectivity index (χ2n) is 7.72. The number of amides is 1. The molecule has 0 aliphatic carbocycles. The van der Waals surface area contributed by atoms with Gasteiger partial charge in [-0.15, -0.1) is 0 Å². The Morgan fingerprint density at radius 3 is 2.67 bits per heavy atom. The Morgan fingerprint density at radius 2 is 1.91 bits per heavy atom. The SMILES string of the molecule is Cc1cnc(Nc2cccc(O)c2C)nc1-c1c[nH]c(C(=O)N[C@H](CO)c2ccccc2)c1. The summed E-state index contributed by atoms with van der Waals surface area (Å²) in [6.07, 6.45) is 3.41. The highest BCUT2D eigenvalue weighted by atomic mass is 16.3. The van der Waals surface area contributed by atoms with E-state index in [0.717, 1.165) is 16.7 Å². The normalized spacial score (nSPS) is 11.7. The number of rotatable bonds is 7. The lowest BCUT2D eigenvalue weighted by Gasteiger charge is -2.16. The minimum Gasteiger partial charge on any atom is -0.508 e. The van der Waals surface area contributed by atoms with Gasteiger partial charge in [0.2, 0.25) is 5.95 Å². The maximum Gasteiger partial charge on any atom is 0.268 e. The van der Waals surface area contributed by atoms with Gasteiger partial charge in [0, 0.05) is 29.2 Å². The van der Waals surface area contributed by atoms with Crippen molar-refractivity contribution in [2.24, 2.45) is 0 Å². The fourth-order valence-electron chi connectivity index (χ4n) is 3.49. The number of H-pyrrole nitrogens is 1. The number of hydrogen-bond acceptors (Lipinski definition) is 6. The molecule has 2 aromatic heterocycles. The number of phenols is 1. The van der Waals surface area contributed by atoms with Gasteiger partial charge in [-0.25, -0.2) is 9.97 Å². The van der Waals surface area contributed by atoms with Crippen molar-refractivity contribution in [1.82, 2.24) is 20.3 Å². The Balaban J connectivity index is 1.54. The number of carbonyl (C=O) groups is 1. The fourth-order valence-corrected chi connectivity index (χ4v) is 3.49. The predicted molar refractivity (Wildman–Crippen MR) is 126 cm³/mol. The van der Waals surface area contributed by atoms with Crippen LogP contribution >= 0.6 is 0 Å². The lowest BCUT2D eigenvalue weighted by molar-refractivity contribution is 0.0911. The van der Waals surface area contributed by atoms with Crippen LogP contribution in [0.5, 0.6) is 5.75 Å². The van der Waals surface area contributed by atoms with E-state index in [-0.39, 0.29) is 18.3 Å². The van der Waals surface area contributed by atoms with Gasteiger partial charge in [-0.2, -0.15) is 0 Å². The number of hydrogen-bond donors (Lipinski definition) is 5. The third kappa shape index (κ3) is 4.86. The van der Waals surface area contributed by atoms with Gasteiger partial charge in [-0.3, -0.25) is 4.79 Å². The number of aryl methyl sites for hydroxylation is 1. The quantitative estimate of drug-likeness (QED) is 0.294. The Kier molecular flexibility index (Phi) is 6.37.